The summed E-state index contributed by atoms with van der Waals surface area (Å²) in [5.41, 5.74) is 0. The van der Waals surface area contributed by atoms with Crippen molar-refractivity contribution in [2.24, 2.45) is 0 Å². The first-order chi connectivity index (χ1) is 9.19. The Morgan fingerprint density at radius 2 is 2.16 bits per heavy atom. The molecule has 1 aromatic carbocycles. The molecular formula is C14H20FNO3. The van der Waals surface area contributed by atoms with Gasteiger partial charge in [0.15, 0.2) is 0 Å². The van der Waals surface area contributed by atoms with Crippen molar-refractivity contribution in [3.8, 4) is 5.75 Å². The summed E-state index contributed by atoms with van der Waals surface area (Å²) in [6, 6.07) is 6.33. The minimum absolute atomic E-state index is 0.0437. The minimum atomic E-state index is -0.264. The lowest BCUT2D eigenvalue weighted by molar-refractivity contribution is -0.0798. The van der Waals surface area contributed by atoms with Gasteiger partial charge in [-0.05, 0) is 31.2 Å². The number of nitrogens with zero attached hydrogens (tertiary/aromatic N) is 1. The average molecular weight is 269 g/mol. The lowest BCUT2D eigenvalue weighted by Crippen LogP contribution is -2.50. The van der Waals surface area contributed by atoms with Gasteiger partial charge in [-0.25, -0.2) is 4.39 Å². The molecule has 4 nitrogen and oxygen atoms in total. The first-order valence-electron chi connectivity index (χ1n) is 6.54. The average Bonchev–Trinajstić information content (AvgIpc) is 2.43. The van der Waals surface area contributed by atoms with Crippen LogP contribution in [0.5, 0.6) is 5.75 Å². The molecule has 1 saturated heterocycles. The fourth-order valence-electron chi connectivity index (χ4n) is 2.11. The first-order valence-corrected chi connectivity index (χ1v) is 6.54. The number of halogens is 1. The number of aliphatic hydroxyl groups is 1. The Labute approximate surface area is 112 Å². The lowest BCUT2D eigenvalue weighted by Gasteiger charge is -2.37. The van der Waals surface area contributed by atoms with Gasteiger partial charge >= 0.3 is 0 Å². The van der Waals surface area contributed by atoms with Crippen molar-refractivity contribution in [3.05, 3.63) is 30.1 Å². The molecule has 0 radical (unpaired) electrons. The van der Waals surface area contributed by atoms with Crippen molar-refractivity contribution in [3.63, 3.8) is 0 Å². The fraction of sp³-hybridized carbons (Fsp3) is 0.571. The van der Waals surface area contributed by atoms with Crippen molar-refractivity contribution in [2.45, 2.75) is 19.1 Å². The topological polar surface area (TPSA) is 41.9 Å². The van der Waals surface area contributed by atoms with E-state index in [9.17, 15) is 4.39 Å². The number of rotatable bonds is 5. The minimum Gasteiger partial charge on any atom is -0.492 e. The largest absolute Gasteiger partial charge is 0.492 e. The van der Waals surface area contributed by atoms with Crippen LogP contribution in [0.4, 0.5) is 4.39 Å². The molecular weight excluding hydrogens is 249 g/mol. The van der Waals surface area contributed by atoms with Gasteiger partial charge in [0.2, 0.25) is 0 Å². The van der Waals surface area contributed by atoms with E-state index in [4.69, 9.17) is 14.6 Å². The highest BCUT2D eigenvalue weighted by atomic mass is 19.1. The van der Waals surface area contributed by atoms with Crippen LogP contribution >= 0.6 is 0 Å². The van der Waals surface area contributed by atoms with Gasteiger partial charge in [-0.2, -0.15) is 0 Å². The summed E-state index contributed by atoms with van der Waals surface area (Å²) in [6.45, 7) is 4.77. The summed E-state index contributed by atoms with van der Waals surface area (Å²) >= 11 is 0. The summed E-state index contributed by atoms with van der Waals surface area (Å²) in [5.74, 6) is 0.404. The van der Waals surface area contributed by atoms with Crippen LogP contribution in [0.25, 0.3) is 0 Å². The van der Waals surface area contributed by atoms with Crippen molar-refractivity contribution >= 4 is 0 Å². The lowest BCUT2D eigenvalue weighted by atomic mass is 10.2. The van der Waals surface area contributed by atoms with Gasteiger partial charge in [0, 0.05) is 19.1 Å². The highest BCUT2D eigenvalue weighted by Crippen LogP contribution is 2.13. The highest BCUT2D eigenvalue weighted by molar-refractivity contribution is 5.21. The molecule has 1 aliphatic heterocycles. The molecule has 1 N–H and O–H groups in total. The molecule has 1 fully saturated rings. The summed E-state index contributed by atoms with van der Waals surface area (Å²) in [7, 11) is 0. The third-order valence-electron chi connectivity index (χ3n) is 3.30. The maximum Gasteiger partial charge on any atom is 0.123 e. The molecule has 1 heterocycles. The number of hydrogen-bond donors (Lipinski definition) is 1. The monoisotopic (exact) mass is 269 g/mol. The second-order valence-electron chi connectivity index (χ2n) is 4.78. The smallest absolute Gasteiger partial charge is 0.123 e. The Morgan fingerprint density at radius 1 is 1.42 bits per heavy atom. The molecule has 5 heteroatoms. The van der Waals surface area contributed by atoms with Gasteiger partial charge in [0.05, 0.1) is 19.3 Å². The predicted octanol–water partition coefficient (Wildman–Crippen LogP) is 1.29. The van der Waals surface area contributed by atoms with Gasteiger partial charge in [-0.3, -0.25) is 4.90 Å². The Kier molecular flexibility index (Phi) is 5.13. The third kappa shape index (κ3) is 4.16. The van der Waals surface area contributed by atoms with E-state index >= 15 is 0 Å². The van der Waals surface area contributed by atoms with Crippen LogP contribution in [0.2, 0.25) is 0 Å². The van der Waals surface area contributed by atoms with E-state index in [0.29, 0.717) is 31.5 Å². The molecule has 1 aliphatic rings. The second kappa shape index (κ2) is 6.84. The predicted molar refractivity (Wildman–Crippen MR) is 69.8 cm³/mol. The van der Waals surface area contributed by atoms with E-state index in [1.165, 1.54) is 12.1 Å². The molecule has 2 rings (SSSR count). The van der Waals surface area contributed by atoms with E-state index in [-0.39, 0.29) is 18.5 Å². The van der Waals surface area contributed by atoms with Gasteiger partial charge < -0.3 is 14.6 Å². The van der Waals surface area contributed by atoms with Crippen molar-refractivity contribution in [1.29, 1.82) is 0 Å². The normalized spacial score (nSPS) is 24.4. The summed E-state index contributed by atoms with van der Waals surface area (Å²) in [4.78, 5) is 2.23. The van der Waals surface area contributed by atoms with E-state index in [1.54, 1.807) is 12.1 Å². The first kappa shape index (κ1) is 14.2. The summed E-state index contributed by atoms with van der Waals surface area (Å²) in [6.07, 6.45) is -0.109. The molecule has 0 aromatic heterocycles. The molecule has 0 spiro atoms. The van der Waals surface area contributed by atoms with Gasteiger partial charge in [-0.15, -0.1) is 0 Å². The van der Waals surface area contributed by atoms with Crippen molar-refractivity contribution in [2.75, 3.05) is 32.9 Å². The van der Waals surface area contributed by atoms with Crippen molar-refractivity contribution in [1.82, 2.24) is 4.90 Å². The van der Waals surface area contributed by atoms with Crippen LogP contribution in [0.3, 0.4) is 0 Å². The zero-order valence-electron chi connectivity index (χ0n) is 11.1. The van der Waals surface area contributed by atoms with Crippen LogP contribution in [0, 0.1) is 5.82 Å². The standard InChI is InChI=1S/C14H20FNO3/c1-11-10-19-14(9-17)8-16(11)6-7-18-13-4-2-12(15)3-5-13/h2-5,11,14,17H,6-10H2,1H3. The molecule has 106 valence electrons. The second-order valence-corrected chi connectivity index (χ2v) is 4.78. The molecule has 0 amide bonds. The van der Waals surface area contributed by atoms with E-state index in [0.717, 1.165) is 6.54 Å². The molecule has 0 saturated carbocycles. The SMILES string of the molecule is CC1COC(CO)CN1CCOc1ccc(F)cc1. The van der Waals surface area contributed by atoms with Gasteiger partial charge in [0.25, 0.3) is 0 Å². The molecule has 0 aliphatic carbocycles. The fourth-order valence-corrected chi connectivity index (χ4v) is 2.11. The number of morpholine rings is 1. The van der Waals surface area contributed by atoms with E-state index in [1.807, 2.05) is 0 Å². The Bertz CT molecular complexity index is 385. The zero-order chi connectivity index (χ0) is 13.7. The number of benzene rings is 1. The van der Waals surface area contributed by atoms with Gasteiger partial charge in [0.1, 0.15) is 18.2 Å². The highest BCUT2D eigenvalue weighted by Gasteiger charge is 2.25. The summed E-state index contributed by atoms with van der Waals surface area (Å²) in [5, 5.41) is 9.11. The number of aliphatic hydroxyl groups excluding tert-OH is 1. The molecule has 2 atom stereocenters. The molecule has 19 heavy (non-hydrogen) atoms. The van der Waals surface area contributed by atoms with Crippen LogP contribution in [-0.2, 0) is 4.74 Å². The number of hydrogen-bond acceptors (Lipinski definition) is 4. The quantitative estimate of drug-likeness (QED) is 0.874. The van der Waals surface area contributed by atoms with E-state index in [2.05, 4.69) is 11.8 Å². The Morgan fingerprint density at radius 3 is 2.84 bits per heavy atom. The van der Waals surface area contributed by atoms with Crippen LogP contribution < -0.4 is 4.74 Å². The van der Waals surface area contributed by atoms with Crippen LogP contribution in [0.1, 0.15) is 6.92 Å². The van der Waals surface area contributed by atoms with Crippen LogP contribution in [-0.4, -0.2) is 55.1 Å². The Balaban J connectivity index is 1.76. The summed E-state index contributed by atoms with van der Waals surface area (Å²) < 4.78 is 23.8. The number of ether oxygens (including phenoxy) is 2. The van der Waals surface area contributed by atoms with Gasteiger partial charge in [-0.1, -0.05) is 0 Å². The molecule has 1 aromatic rings. The van der Waals surface area contributed by atoms with Crippen molar-refractivity contribution < 1.29 is 19.0 Å². The Hall–Kier alpha value is -1.17. The third-order valence-corrected chi connectivity index (χ3v) is 3.30. The maximum absolute atomic E-state index is 12.7. The zero-order valence-corrected chi connectivity index (χ0v) is 11.1. The maximum atomic E-state index is 12.7. The molecule has 2 unspecified atom stereocenters. The van der Waals surface area contributed by atoms with Crippen LogP contribution in [0.15, 0.2) is 24.3 Å². The molecule has 0 bridgehead atoms. The van der Waals surface area contributed by atoms with E-state index < -0.39 is 0 Å².